The highest BCUT2D eigenvalue weighted by molar-refractivity contribution is 5.94. The predicted octanol–water partition coefficient (Wildman–Crippen LogP) is 0.231. The number of nitrogens with two attached hydrogens (primary N) is 1. The van der Waals surface area contributed by atoms with Crippen LogP contribution in [0.5, 0.6) is 0 Å². The van der Waals surface area contributed by atoms with E-state index >= 15 is 0 Å². The molecule has 0 saturated heterocycles. The van der Waals surface area contributed by atoms with Crippen LogP contribution in [0, 0.1) is 0 Å². The van der Waals surface area contributed by atoms with Gasteiger partial charge < -0.3 is 21.1 Å². The molecule has 0 aliphatic heterocycles. The summed E-state index contributed by atoms with van der Waals surface area (Å²) in [4.78, 5) is 22.2. The normalized spacial score (nSPS) is 9.83. The van der Waals surface area contributed by atoms with Crippen molar-refractivity contribution in [3.05, 3.63) is 35.4 Å². The lowest BCUT2D eigenvalue weighted by molar-refractivity contribution is 0.0937. The molecule has 0 atom stereocenters. The number of nitrogens with one attached hydrogen (secondary N) is 2. The molecule has 0 radical (unpaired) electrons. The van der Waals surface area contributed by atoms with Gasteiger partial charge in [0.05, 0.1) is 6.61 Å². The van der Waals surface area contributed by atoms with Gasteiger partial charge in [-0.05, 0) is 17.7 Å². The van der Waals surface area contributed by atoms with Crippen LogP contribution in [0.2, 0.25) is 0 Å². The summed E-state index contributed by atoms with van der Waals surface area (Å²) in [5, 5.41) is 5.19. The van der Waals surface area contributed by atoms with Crippen LogP contribution in [0.25, 0.3) is 0 Å². The Morgan fingerprint density at radius 2 is 1.89 bits per heavy atom. The molecular formula is C12H17N3O3. The van der Waals surface area contributed by atoms with Gasteiger partial charge in [-0.2, -0.15) is 0 Å². The quantitative estimate of drug-likeness (QED) is 0.632. The van der Waals surface area contributed by atoms with Gasteiger partial charge in [-0.15, -0.1) is 0 Å². The van der Waals surface area contributed by atoms with E-state index < -0.39 is 6.03 Å². The molecule has 6 nitrogen and oxygen atoms in total. The van der Waals surface area contributed by atoms with Crippen LogP contribution in [-0.4, -0.2) is 32.2 Å². The smallest absolute Gasteiger partial charge is 0.312 e. The average molecular weight is 251 g/mol. The Hall–Kier alpha value is -2.08. The van der Waals surface area contributed by atoms with Gasteiger partial charge in [-0.25, -0.2) is 4.79 Å². The molecule has 0 bridgehead atoms. The zero-order chi connectivity index (χ0) is 13.4. The zero-order valence-corrected chi connectivity index (χ0v) is 10.2. The van der Waals surface area contributed by atoms with E-state index in [1.54, 1.807) is 31.4 Å². The minimum Gasteiger partial charge on any atom is -0.383 e. The molecule has 1 rings (SSSR count). The topological polar surface area (TPSA) is 93.4 Å². The molecule has 1 aromatic rings. The van der Waals surface area contributed by atoms with Crippen molar-refractivity contribution in [3.8, 4) is 0 Å². The molecule has 4 N–H and O–H groups in total. The molecule has 6 heteroatoms. The van der Waals surface area contributed by atoms with Gasteiger partial charge in [0.15, 0.2) is 0 Å². The highest BCUT2D eigenvalue weighted by atomic mass is 16.5. The van der Waals surface area contributed by atoms with Crippen molar-refractivity contribution in [2.24, 2.45) is 5.73 Å². The van der Waals surface area contributed by atoms with Gasteiger partial charge in [-0.1, -0.05) is 12.1 Å². The Bertz CT molecular complexity index is 404. The summed E-state index contributed by atoms with van der Waals surface area (Å²) >= 11 is 0. The SMILES string of the molecule is COCCNC(=O)c1ccc(CNC(N)=O)cc1. The third-order valence-electron chi connectivity index (χ3n) is 2.27. The first-order valence-corrected chi connectivity index (χ1v) is 5.53. The van der Waals surface area contributed by atoms with E-state index in [-0.39, 0.29) is 5.91 Å². The summed E-state index contributed by atoms with van der Waals surface area (Å²) in [6.07, 6.45) is 0. The first-order chi connectivity index (χ1) is 8.63. The Labute approximate surface area is 105 Å². The summed E-state index contributed by atoms with van der Waals surface area (Å²) in [5.41, 5.74) is 6.40. The van der Waals surface area contributed by atoms with Gasteiger partial charge in [0.1, 0.15) is 0 Å². The molecule has 1 aromatic carbocycles. The molecule has 0 aliphatic carbocycles. The maximum Gasteiger partial charge on any atom is 0.312 e. The first kappa shape index (κ1) is 14.0. The molecule has 0 spiro atoms. The number of methoxy groups -OCH3 is 1. The lowest BCUT2D eigenvalue weighted by atomic mass is 10.1. The van der Waals surface area contributed by atoms with E-state index in [9.17, 15) is 9.59 Å². The summed E-state index contributed by atoms with van der Waals surface area (Å²) in [7, 11) is 1.58. The van der Waals surface area contributed by atoms with Crippen LogP contribution in [0.3, 0.4) is 0 Å². The minimum atomic E-state index is -0.573. The van der Waals surface area contributed by atoms with E-state index in [2.05, 4.69) is 10.6 Å². The second-order valence-electron chi connectivity index (χ2n) is 3.66. The van der Waals surface area contributed by atoms with Crippen molar-refractivity contribution in [1.82, 2.24) is 10.6 Å². The van der Waals surface area contributed by atoms with Gasteiger partial charge in [0, 0.05) is 25.8 Å². The second kappa shape index (κ2) is 7.29. The Kier molecular flexibility index (Phi) is 5.66. The largest absolute Gasteiger partial charge is 0.383 e. The van der Waals surface area contributed by atoms with E-state index in [0.717, 1.165) is 5.56 Å². The van der Waals surface area contributed by atoms with Crippen LogP contribution < -0.4 is 16.4 Å². The zero-order valence-electron chi connectivity index (χ0n) is 10.2. The number of primary amides is 1. The summed E-state index contributed by atoms with van der Waals surface area (Å²) < 4.78 is 4.83. The number of benzene rings is 1. The van der Waals surface area contributed by atoms with Gasteiger partial charge in [0.25, 0.3) is 5.91 Å². The van der Waals surface area contributed by atoms with Crippen LogP contribution in [-0.2, 0) is 11.3 Å². The van der Waals surface area contributed by atoms with Gasteiger partial charge in [-0.3, -0.25) is 4.79 Å². The average Bonchev–Trinajstić information content (AvgIpc) is 2.37. The third kappa shape index (κ3) is 4.84. The van der Waals surface area contributed by atoms with Crippen LogP contribution in [0.15, 0.2) is 24.3 Å². The van der Waals surface area contributed by atoms with Crippen molar-refractivity contribution in [3.63, 3.8) is 0 Å². The molecule has 0 aliphatic rings. The van der Waals surface area contributed by atoms with Gasteiger partial charge >= 0.3 is 6.03 Å². The van der Waals surface area contributed by atoms with Crippen molar-refractivity contribution < 1.29 is 14.3 Å². The molecule has 3 amide bonds. The number of hydrogen-bond donors (Lipinski definition) is 3. The predicted molar refractivity (Wildman–Crippen MR) is 67.1 cm³/mol. The fourth-order valence-corrected chi connectivity index (χ4v) is 1.33. The lowest BCUT2D eigenvalue weighted by Crippen LogP contribution is -2.29. The van der Waals surface area contributed by atoms with Crippen molar-refractivity contribution in [2.75, 3.05) is 20.3 Å². The molecule has 0 aromatic heterocycles. The highest BCUT2D eigenvalue weighted by Crippen LogP contribution is 2.04. The number of carbonyl (C=O) groups excluding carboxylic acids is 2. The Morgan fingerprint density at radius 1 is 1.22 bits per heavy atom. The first-order valence-electron chi connectivity index (χ1n) is 5.53. The number of rotatable bonds is 6. The standard InChI is InChI=1S/C12H17N3O3/c1-18-7-6-14-11(16)10-4-2-9(3-5-10)8-15-12(13)17/h2-5H,6-8H2,1H3,(H,14,16)(H3,13,15,17). The number of carbonyl (C=O) groups is 2. The maximum absolute atomic E-state index is 11.6. The molecular weight excluding hydrogens is 234 g/mol. The third-order valence-corrected chi connectivity index (χ3v) is 2.27. The van der Waals surface area contributed by atoms with Crippen molar-refractivity contribution >= 4 is 11.9 Å². The molecule has 98 valence electrons. The molecule has 18 heavy (non-hydrogen) atoms. The molecule has 0 fully saturated rings. The minimum absolute atomic E-state index is 0.151. The van der Waals surface area contributed by atoms with E-state index in [1.165, 1.54) is 0 Å². The van der Waals surface area contributed by atoms with E-state index in [1.807, 2.05) is 0 Å². The lowest BCUT2D eigenvalue weighted by Gasteiger charge is -2.06. The molecule has 0 saturated carbocycles. The van der Waals surface area contributed by atoms with Crippen LogP contribution >= 0.6 is 0 Å². The number of amides is 3. The van der Waals surface area contributed by atoms with E-state index in [0.29, 0.717) is 25.3 Å². The second-order valence-corrected chi connectivity index (χ2v) is 3.66. The number of ether oxygens (including phenoxy) is 1. The fourth-order valence-electron chi connectivity index (χ4n) is 1.33. The molecule has 0 heterocycles. The fraction of sp³-hybridized carbons (Fsp3) is 0.333. The number of urea groups is 1. The van der Waals surface area contributed by atoms with Crippen LogP contribution in [0.1, 0.15) is 15.9 Å². The Balaban J connectivity index is 2.48. The monoisotopic (exact) mass is 251 g/mol. The summed E-state index contributed by atoms with van der Waals surface area (Å²) in [6.45, 7) is 1.30. The highest BCUT2D eigenvalue weighted by Gasteiger charge is 2.04. The molecule has 0 unspecified atom stereocenters. The van der Waals surface area contributed by atoms with Crippen LogP contribution in [0.4, 0.5) is 4.79 Å². The summed E-state index contributed by atoms with van der Waals surface area (Å²) in [5.74, 6) is -0.151. The maximum atomic E-state index is 11.6. The Morgan fingerprint density at radius 3 is 2.44 bits per heavy atom. The van der Waals surface area contributed by atoms with E-state index in [4.69, 9.17) is 10.5 Å². The summed E-state index contributed by atoms with van der Waals surface area (Å²) in [6, 6.07) is 6.35. The number of hydrogen-bond acceptors (Lipinski definition) is 3. The van der Waals surface area contributed by atoms with Crippen molar-refractivity contribution in [1.29, 1.82) is 0 Å². The van der Waals surface area contributed by atoms with Gasteiger partial charge in [0.2, 0.25) is 0 Å². The van der Waals surface area contributed by atoms with Crippen molar-refractivity contribution in [2.45, 2.75) is 6.54 Å².